The summed E-state index contributed by atoms with van der Waals surface area (Å²) in [6, 6.07) is 8.20. The van der Waals surface area contributed by atoms with Crippen LogP contribution in [0.2, 0.25) is 0 Å². The number of nitrogens with zero attached hydrogens (tertiary/aromatic N) is 1. The molecule has 1 saturated carbocycles. The molecule has 22 heavy (non-hydrogen) atoms. The van der Waals surface area contributed by atoms with Crippen LogP contribution < -0.4 is 5.32 Å². The SMILES string of the molecule is Cc1noc(-c2ccc(Br)cc2)c1CNCC1CCCCC1. The zero-order valence-electron chi connectivity index (χ0n) is 13.1. The summed E-state index contributed by atoms with van der Waals surface area (Å²) in [4.78, 5) is 0. The molecule has 0 spiro atoms. The van der Waals surface area contributed by atoms with Gasteiger partial charge in [-0.3, -0.25) is 0 Å². The molecule has 0 aliphatic heterocycles. The van der Waals surface area contributed by atoms with Crippen molar-refractivity contribution in [3.05, 3.63) is 40.0 Å². The van der Waals surface area contributed by atoms with Gasteiger partial charge in [0.2, 0.25) is 0 Å². The summed E-state index contributed by atoms with van der Waals surface area (Å²) in [6.07, 6.45) is 6.94. The van der Waals surface area contributed by atoms with E-state index >= 15 is 0 Å². The Morgan fingerprint density at radius 3 is 2.64 bits per heavy atom. The van der Waals surface area contributed by atoms with Gasteiger partial charge in [-0.2, -0.15) is 0 Å². The Hall–Kier alpha value is -1.13. The molecule has 4 heteroatoms. The van der Waals surface area contributed by atoms with Gasteiger partial charge in [0.1, 0.15) is 0 Å². The van der Waals surface area contributed by atoms with Crippen LogP contribution in [0.25, 0.3) is 11.3 Å². The number of halogens is 1. The van der Waals surface area contributed by atoms with E-state index in [0.29, 0.717) is 0 Å². The minimum Gasteiger partial charge on any atom is -0.356 e. The van der Waals surface area contributed by atoms with Crippen molar-refractivity contribution in [1.29, 1.82) is 0 Å². The van der Waals surface area contributed by atoms with Crippen LogP contribution in [0.3, 0.4) is 0 Å². The first-order chi connectivity index (χ1) is 10.7. The third kappa shape index (κ3) is 3.79. The van der Waals surface area contributed by atoms with Crippen LogP contribution >= 0.6 is 15.9 Å². The van der Waals surface area contributed by atoms with Gasteiger partial charge < -0.3 is 9.84 Å². The van der Waals surface area contributed by atoms with E-state index in [1.807, 2.05) is 19.1 Å². The molecule has 0 bridgehead atoms. The van der Waals surface area contributed by atoms with Crippen LogP contribution in [0, 0.1) is 12.8 Å². The van der Waals surface area contributed by atoms with Crippen molar-refractivity contribution in [2.24, 2.45) is 5.92 Å². The average molecular weight is 363 g/mol. The summed E-state index contributed by atoms with van der Waals surface area (Å²) in [6.45, 7) is 3.95. The van der Waals surface area contributed by atoms with E-state index in [1.165, 1.54) is 37.7 Å². The van der Waals surface area contributed by atoms with Crippen molar-refractivity contribution in [3.8, 4) is 11.3 Å². The maximum Gasteiger partial charge on any atom is 0.171 e. The van der Waals surface area contributed by atoms with Gasteiger partial charge in [-0.15, -0.1) is 0 Å². The number of benzene rings is 1. The van der Waals surface area contributed by atoms with Gasteiger partial charge in [-0.25, -0.2) is 0 Å². The summed E-state index contributed by atoms with van der Waals surface area (Å²) in [5.74, 6) is 1.73. The second-order valence-corrected chi connectivity index (χ2v) is 7.13. The Labute approximate surface area is 140 Å². The molecule has 3 nitrogen and oxygen atoms in total. The van der Waals surface area contributed by atoms with E-state index < -0.39 is 0 Å². The normalized spacial score (nSPS) is 16.1. The Balaban J connectivity index is 1.65. The van der Waals surface area contributed by atoms with Crippen molar-refractivity contribution in [2.45, 2.75) is 45.6 Å². The lowest BCUT2D eigenvalue weighted by Gasteiger charge is -2.21. The van der Waals surface area contributed by atoms with Crippen molar-refractivity contribution >= 4 is 15.9 Å². The van der Waals surface area contributed by atoms with Crippen LogP contribution in [0.5, 0.6) is 0 Å². The largest absolute Gasteiger partial charge is 0.356 e. The highest BCUT2D eigenvalue weighted by molar-refractivity contribution is 9.10. The summed E-state index contributed by atoms with van der Waals surface area (Å²) >= 11 is 3.47. The lowest BCUT2D eigenvalue weighted by Crippen LogP contribution is -2.24. The first-order valence-corrected chi connectivity index (χ1v) is 8.95. The maximum atomic E-state index is 5.56. The summed E-state index contributed by atoms with van der Waals surface area (Å²) in [5.41, 5.74) is 3.24. The van der Waals surface area contributed by atoms with Crippen LogP contribution in [-0.2, 0) is 6.54 Å². The highest BCUT2D eigenvalue weighted by Crippen LogP contribution is 2.28. The maximum absolute atomic E-state index is 5.56. The standard InChI is InChI=1S/C18H23BrN2O/c1-13-17(12-20-11-14-5-3-2-4-6-14)18(22-21-13)15-7-9-16(19)10-8-15/h7-10,14,20H,2-6,11-12H2,1H3. The lowest BCUT2D eigenvalue weighted by molar-refractivity contribution is 0.342. The monoisotopic (exact) mass is 362 g/mol. The fourth-order valence-corrected chi connectivity index (χ4v) is 3.48. The van der Waals surface area contributed by atoms with E-state index in [2.05, 4.69) is 38.5 Å². The predicted octanol–water partition coefficient (Wildman–Crippen LogP) is 5.08. The number of aryl methyl sites for hydroxylation is 1. The van der Waals surface area contributed by atoms with Gasteiger partial charge in [0.25, 0.3) is 0 Å². The van der Waals surface area contributed by atoms with Gasteiger partial charge in [-0.05, 0) is 44.4 Å². The van der Waals surface area contributed by atoms with Crippen LogP contribution in [0.1, 0.15) is 43.4 Å². The van der Waals surface area contributed by atoms with E-state index in [4.69, 9.17) is 4.52 Å². The fourth-order valence-electron chi connectivity index (χ4n) is 3.22. The van der Waals surface area contributed by atoms with E-state index in [-0.39, 0.29) is 0 Å². The molecule has 0 atom stereocenters. The van der Waals surface area contributed by atoms with E-state index in [9.17, 15) is 0 Å². The molecule has 0 amide bonds. The molecule has 1 aromatic carbocycles. The third-order valence-corrected chi connectivity index (χ3v) is 5.08. The smallest absolute Gasteiger partial charge is 0.171 e. The Bertz CT molecular complexity index is 600. The average Bonchev–Trinajstić information content (AvgIpc) is 2.90. The number of aromatic nitrogens is 1. The molecule has 1 N–H and O–H groups in total. The molecular formula is C18H23BrN2O. The molecule has 1 heterocycles. The van der Waals surface area contributed by atoms with Crippen LogP contribution in [-0.4, -0.2) is 11.7 Å². The molecule has 1 fully saturated rings. The predicted molar refractivity (Wildman–Crippen MR) is 92.7 cm³/mol. The minimum atomic E-state index is 0.831. The molecule has 0 saturated heterocycles. The molecule has 2 aromatic rings. The van der Waals surface area contributed by atoms with Crippen molar-refractivity contribution in [3.63, 3.8) is 0 Å². The van der Waals surface area contributed by atoms with Gasteiger partial charge in [-0.1, -0.05) is 52.5 Å². The highest BCUT2D eigenvalue weighted by atomic mass is 79.9. The Morgan fingerprint density at radius 1 is 1.18 bits per heavy atom. The summed E-state index contributed by atoms with van der Waals surface area (Å²) in [5, 5.41) is 7.76. The molecule has 1 aromatic heterocycles. The second-order valence-electron chi connectivity index (χ2n) is 6.22. The number of rotatable bonds is 5. The number of hydrogen-bond donors (Lipinski definition) is 1. The van der Waals surface area contributed by atoms with Crippen LogP contribution in [0.4, 0.5) is 0 Å². The van der Waals surface area contributed by atoms with Crippen molar-refractivity contribution in [1.82, 2.24) is 10.5 Å². The van der Waals surface area contributed by atoms with Crippen LogP contribution in [0.15, 0.2) is 33.3 Å². The summed E-state index contributed by atoms with van der Waals surface area (Å²) < 4.78 is 6.63. The highest BCUT2D eigenvalue weighted by Gasteiger charge is 2.16. The first kappa shape index (κ1) is 15.8. The quantitative estimate of drug-likeness (QED) is 0.805. The Morgan fingerprint density at radius 2 is 1.91 bits per heavy atom. The van der Waals surface area contributed by atoms with Gasteiger partial charge in [0, 0.05) is 22.1 Å². The first-order valence-electron chi connectivity index (χ1n) is 8.16. The van der Waals surface area contributed by atoms with Crippen molar-refractivity contribution in [2.75, 3.05) is 6.54 Å². The minimum absolute atomic E-state index is 0.831. The second kappa shape index (κ2) is 7.42. The molecule has 0 unspecified atom stereocenters. The molecular weight excluding hydrogens is 340 g/mol. The topological polar surface area (TPSA) is 38.1 Å². The van der Waals surface area contributed by atoms with Gasteiger partial charge >= 0.3 is 0 Å². The Kier molecular flexibility index (Phi) is 5.32. The lowest BCUT2D eigenvalue weighted by atomic mass is 9.89. The third-order valence-electron chi connectivity index (χ3n) is 4.55. The molecule has 1 aliphatic rings. The van der Waals surface area contributed by atoms with Crippen molar-refractivity contribution < 1.29 is 4.52 Å². The molecule has 118 valence electrons. The molecule has 1 aliphatic carbocycles. The molecule has 0 radical (unpaired) electrons. The van der Waals surface area contributed by atoms with Gasteiger partial charge in [0.05, 0.1) is 5.69 Å². The number of hydrogen-bond acceptors (Lipinski definition) is 3. The zero-order chi connectivity index (χ0) is 15.4. The zero-order valence-corrected chi connectivity index (χ0v) is 14.7. The van der Waals surface area contributed by atoms with E-state index in [1.54, 1.807) is 0 Å². The fraction of sp³-hybridized carbons (Fsp3) is 0.500. The summed E-state index contributed by atoms with van der Waals surface area (Å²) in [7, 11) is 0. The van der Waals surface area contributed by atoms with E-state index in [0.717, 1.165) is 40.5 Å². The van der Waals surface area contributed by atoms with Gasteiger partial charge in [0.15, 0.2) is 5.76 Å². The number of nitrogens with one attached hydrogen (secondary N) is 1. The molecule has 3 rings (SSSR count).